The number of benzene rings is 2. The van der Waals surface area contributed by atoms with E-state index in [0.717, 1.165) is 24.2 Å². The number of carbonyl (C=O) groups is 1. The van der Waals surface area contributed by atoms with Crippen LogP contribution in [0.4, 0.5) is 5.69 Å². The molecule has 1 atom stereocenters. The van der Waals surface area contributed by atoms with E-state index in [4.69, 9.17) is 0 Å². The zero-order chi connectivity index (χ0) is 18.4. The van der Waals surface area contributed by atoms with Crippen molar-refractivity contribution in [1.29, 1.82) is 0 Å². The Bertz CT molecular complexity index is 773. The van der Waals surface area contributed by atoms with Crippen LogP contribution in [0.3, 0.4) is 0 Å². The summed E-state index contributed by atoms with van der Waals surface area (Å²) in [7, 11) is 2.21. The molecule has 1 fully saturated rings. The second-order valence-electron chi connectivity index (χ2n) is 7.00. The molecule has 1 amide bonds. The summed E-state index contributed by atoms with van der Waals surface area (Å²) in [6.07, 6.45) is 8.34. The van der Waals surface area contributed by atoms with Crippen LogP contribution in [0.1, 0.15) is 48.9 Å². The highest BCUT2D eigenvalue weighted by Gasteiger charge is 2.22. The lowest BCUT2D eigenvalue weighted by Gasteiger charge is -2.34. The highest BCUT2D eigenvalue weighted by molar-refractivity contribution is 6.02. The second kappa shape index (κ2) is 10.3. The number of rotatable bonds is 5. The van der Waals surface area contributed by atoms with E-state index in [1.807, 2.05) is 36.4 Å². The Morgan fingerprint density at radius 2 is 1.96 bits per heavy atom. The zero-order valence-electron chi connectivity index (χ0n) is 16.2. The quantitative estimate of drug-likeness (QED) is 0.692. The maximum absolute atomic E-state index is 12.3. The third-order valence-electron chi connectivity index (χ3n) is 5.14. The van der Waals surface area contributed by atoms with Crippen LogP contribution < -0.4 is 5.32 Å². The van der Waals surface area contributed by atoms with E-state index in [1.54, 1.807) is 6.08 Å². The van der Waals surface area contributed by atoms with Crippen molar-refractivity contribution in [2.24, 2.45) is 0 Å². The van der Waals surface area contributed by atoms with Crippen molar-refractivity contribution in [3.63, 3.8) is 0 Å². The predicted octanol–water partition coefficient (Wildman–Crippen LogP) is 5.48. The summed E-state index contributed by atoms with van der Waals surface area (Å²) in [5, 5.41) is 2.91. The molecular weight excluding hydrogens is 356 g/mol. The minimum absolute atomic E-state index is 0. The summed E-state index contributed by atoms with van der Waals surface area (Å²) in [5.41, 5.74) is 4.65. The lowest BCUT2D eigenvalue weighted by atomic mass is 9.90. The van der Waals surface area contributed by atoms with Crippen LogP contribution in [0.2, 0.25) is 0 Å². The Labute approximate surface area is 168 Å². The SMILES string of the molecule is CCc1ccc(C=CC(=O)Nc2ccccc2)c(C2CCCCN2C)c1.Cl. The largest absolute Gasteiger partial charge is 0.323 e. The molecule has 144 valence electrons. The van der Waals surface area contributed by atoms with E-state index < -0.39 is 0 Å². The number of halogens is 1. The van der Waals surface area contributed by atoms with E-state index in [0.29, 0.717) is 6.04 Å². The Morgan fingerprint density at radius 3 is 2.67 bits per heavy atom. The number of para-hydroxylation sites is 1. The molecule has 1 saturated heterocycles. The molecule has 1 unspecified atom stereocenters. The average molecular weight is 385 g/mol. The summed E-state index contributed by atoms with van der Waals surface area (Å²) in [6.45, 7) is 3.32. The highest BCUT2D eigenvalue weighted by atomic mass is 35.5. The lowest BCUT2D eigenvalue weighted by molar-refractivity contribution is -0.111. The van der Waals surface area contributed by atoms with Gasteiger partial charge in [0.25, 0.3) is 0 Å². The van der Waals surface area contributed by atoms with Gasteiger partial charge in [0, 0.05) is 17.8 Å². The molecular formula is C23H29ClN2O. The molecule has 2 aromatic carbocycles. The number of nitrogens with one attached hydrogen (secondary N) is 1. The van der Waals surface area contributed by atoms with Gasteiger partial charge in [-0.2, -0.15) is 0 Å². The van der Waals surface area contributed by atoms with Crippen molar-refractivity contribution >= 4 is 30.1 Å². The molecule has 0 aromatic heterocycles. The molecule has 3 nitrogen and oxygen atoms in total. The normalized spacial score (nSPS) is 17.5. The number of hydrogen-bond acceptors (Lipinski definition) is 2. The monoisotopic (exact) mass is 384 g/mol. The first kappa shape index (κ1) is 21.2. The van der Waals surface area contributed by atoms with Crippen LogP contribution in [-0.2, 0) is 11.2 Å². The third-order valence-corrected chi connectivity index (χ3v) is 5.14. The third kappa shape index (κ3) is 5.69. The van der Waals surface area contributed by atoms with Crippen molar-refractivity contribution in [2.75, 3.05) is 18.9 Å². The number of aryl methyl sites for hydroxylation is 1. The van der Waals surface area contributed by atoms with Crippen molar-refractivity contribution in [3.05, 3.63) is 71.3 Å². The van der Waals surface area contributed by atoms with Crippen LogP contribution in [-0.4, -0.2) is 24.4 Å². The summed E-state index contributed by atoms with van der Waals surface area (Å²) in [5.74, 6) is -0.0984. The molecule has 2 aromatic rings. The van der Waals surface area contributed by atoms with Crippen LogP contribution in [0.5, 0.6) is 0 Å². The van der Waals surface area contributed by atoms with Gasteiger partial charge in [0.15, 0.2) is 0 Å². The van der Waals surface area contributed by atoms with E-state index in [9.17, 15) is 4.79 Å². The molecule has 0 radical (unpaired) electrons. The molecule has 0 bridgehead atoms. The molecule has 1 heterocycles. The first-order chi connectivity index (χ1) is 12.7. The van der Waals surface area contributed by atoms with Crippen LogP contribution in [0.15, 0.2) is 54.6 Å². The number of amides is 1. The topological polar surface area (TPSA) is 32.3 Å². The van der Waals surface area contributed by atoms with E-state index >= 15 is 0 Å². The lowest BCUT2D eigenvalue weighted by Crippen LogP contribution is -2.30. The predicted molar refractivity (Wildman–Crippen MR) is 116 cm³/mol. The standard InChI is InChI=1S/C23H28N2O.ClH/c1-3-18-12-13-19(21(17-18)22-11-7-8-16-25(22)2)14-15-23(26)24-20-9-5-4-6-10-20;/h4-6,9-10,12-15,17,22H,3,7-8,11,16H2,1-2H3,(H,24,26);1H. The van der Waals surface area contributed by atoms with Crippen LogP contribution in [0.25, 0.3) is 6.08 Å². The number of anilines is 1. The molecule has 0 aliphatic carbocycles. The van der Waals surface area contributed by atoms with Crippen molar-refractivity contribution < 1.29 is 4.79 Å². The molecule has 4 heteroatoms. The minimum atomic E-state index is -0.0984. The van der Waals surface area contributed by atoms with Crippen molar-refractivity contribution in [3.8, 4) is 0 Å². The minimum Gasteiger partial charge on any atom is -0.323 e. The maximum Gasteiger partial charge on any atom is 0.248 e. The van der Waals surface area contributed by atoms with Crippen LogP contribution in [0, 0.1) is 0 Å². The van der Waals surface area contributed by atoms with Gasteiger partial charge in [-0.15, -0.1) is 12.4 Å². The van der Waals surface area contributed by atoms with Gasteiger partial charge in [-0.3, -0.25) is 9.69 Å². The van der Waals surface area contributed by atoms with Crippen LogP contribution >= 0.6 is 12.4 Å². The van der Waals surface area contributed by atoms with Crippen molar-refractivity contribution in [1.82, 2.24) is 4.90 Å². The van der Waals surface area contributed by atoms with E-state index in [2.05, 4.69) is 42.4 Å². The first-order valence-electron chi connectivity index (χ1n) is 9.54. The van der Waals surface area contributed by atoms with Gasteiger partial charge in [-0.25, -0.2) is 0 Å². The smallest absolute Gasteiger partial charge is 0.248 e. The average Bonchev–Trinajstić information content (AvgIpc) is 2.67. The Kier molecular flexibility index (Phi) is 8.08. The molecule has 3 rings (SSSR count). The molecule has 1 aliphatic rings. The molecule has 27 heavy (non-hydrogen) atoms. The number of nitrogens with zero attached hydrogens (tertiary/aromatic N) is 1. The number of hydrogen-bond donors (Lipinski definition) is 1. The van der Waals surface area contributed by atoms with E-state index in [1.165, 1.54) is 30.4 Å². The summed E-state index contributed by atoms with van der Waals surface area (Å²) >= 11 is 0. The summed E-state index contributed by atoms with van der Waals surface area (Å²) in [6, 6.07) is 16.6. The molecule has 0 spiro atoms. The molecule has 1 aliphatic heterocycles. The van der Waals surface area contributed by atoms with Gasteiger partial charge in [-0.1, -0.05) is 49.7 Å². The number of piperidine rings is 1. The highest BCUT2D eigenvalue weighted by Crippen LogP contribution is 2.33. The Morgan fingerprint density at radius 1 is 1.19 bits per heavy atom. The Hall–Kier alpha value is -2.10. The van der Waals surface area contributed by atoms with E-state index in [-0.39, 0.29) is 18.3 Å². The fourth-order valence-electron chi connectivity index (χ4n) is 3.62. The first-order valence-corrected chi connectivity index (χ1v) is 9.54. The fourth-order valence-corrected chi connectivity index (χ4v) is 3.62. The number of likely N-dealkylation sites (tertiary alicyclic amines) is 1. The summed E-state index contributed by atoms with van der Waals surface area (Å²) < 4.78 is 0. The van der Waals surface area contributed by atoms with Crippen molar-refractivity contribution in [2.45, 2.75) is 38.6 Å². The zero-order valence-corrected chi connectivity index (χ0v) is 17.0. The van der Waals surface area contributed by atoms with Gasteiger partial charge >= 0.3 is 0 Å². The van der Waals surface area contributed by atoms with Gasteiger partial charge < -0.3 is 5.32 Å². The van der Waals surface area contributed by atoms with Gasteiger partial charge in [0.05, 0.1) is 0 Å². The fraction of sp³-hybridized carbons (Fsp3) is 0.348. The van der Waals surface area contributed by atoms with Gasteiger partial charge in [0.2, 0.25) is 5.91 Å². The molecule has 1 N–H and O–H groups in total. The summed E-state index contributed by atoms with van der Waals surface area (Å²) in [4.78, 5) is 14.7. The number of carbonyl (C=O) groups excluding carboxylic acids is 1. The van der Waals surface area contributed by atoms with Gasteiger partial charge in [-0.05, 0) is 67.8 Å². The Balaban J connectivity index is 0.00000261. The van der Waals surface area contributed by atoms with Gasteiger partial charge in [0.1, 0.15) is 0 Å². The molecule has 0 saturated carbocycles. The second-order valence-corrected chi connectivity index (χ2v) is 7.00. The maximum atomic E-state index is 12.3.